The van der Waals surface area contributed by atoms with Gasteiger partial charge in [0.2, 0.25) is 5.82 Å². The Kier molecular flexibility index (Phi) is 3.93. The second-order valence-corrected chi connectivity index (χ2v) is 4.36. The van der Waals surface area contributed by atoms with Crippen LogP contribution in [0, 0.1) is 28.7 Å². The molecule has 0 atom stereocenters. The number of rotatable bonds is 3. The minimum Gasteiger partial charge on any atom is -0.319 e. The van der Waals surface area contributed by atoms with Gasteiger partial charge in [0, 0.05) is 11.6 Å². The molecule has 2 rings (SSSR count). The molecule has 0 aliphatic heterocycles. The van der Waals surface area contributed by atoms with Crippen molar-refractivity contribution < 1.29 is 18.5 Å². The third kappa shape index (κ3) is 3.19. The lowest BCUT2D eigenvalue weighted by Gasteiger charge is -2.07. The second-order valence-electron chi connectivity index (χ2n) is 4.36. The Balaban J connectivity index is 2.26. The van der Waals surface area contributed by atoms with E-state index in [-0.39, 0.29) is 11.3 Å². The van der Waals surface area contributed by atoms with Crippen molar-refractivity contribution in [2.24, 2.45) is 0 Å². The van der Waals surface area contributed by atoms with Crippen molar-refractivity contribution in [2.45, 2.75) is 6.92 Å². The maximum Gasteiger partial charge on any atom is 0.304 e. The molecule has 0 unspecified atom stereocenters. The van der Waals surface area contributed by atoms with Crippen molar-refractivity contribution in [3.05, 3.63) is 69.3 Å². The van der Waals surface area contributed by atoms with Gasteiger partial charge in [-0.25, -0.2) is 4.39 Å². The summed E-state index contributed by atoms with van der Waals surface area (Å²) in [4.78, 5) is 21.5. The molecule has 2 aromatic carbocycles. The van der Waals surface area contributed by atoms with Crippen LogP contribution in [-0.2, 0) is 0 Å². The van der Waals surface area contributed by atoms with Gasteiger partial charge in [-0.1, -0.05) is 6.07 Å². The van der Waals surface area contributed by atoms with E-state index in [9.17, 15) is 23.7 Å². The van der Waals surface area contributed by atoms with Crippen molar-refractivity contribution in [3.8, 4) is 0 Å². The number of halogens is 2. The smallest absolute Gasteiger partial charge is 0.304 e. The van der Waals surface area contributed by atoms with E-state index in [4.69, 9.17) is 0 Å². The molecular formula is C14H10F2N2O3. The summed E-state index contributed by atoms with van der Waals surface area (Å²) in [6.45, 7) is 1.72. The number of nitro groups is 1. The minimum atomic E-state index is -1.13. The van der Waals surface area contributed by atoms with Crippen LogP contribution in [0.4, 0.5) is 20.2 Å². The number of hydrogen-bond acceptors (Lipinski definition) is 3. The molecule has 1 N–H and O–H groups in total. The fourth-order valence-corrected chi connectivity index (χ4v) is 1.73. The Morgan fingerprint density at radius 3 is 2.48 bits per heavy atom. The molecule has 0 heterocycles. The zero-order valence-electron chi connectivity index (χ0n) is 10.9. The molecule has 1 amide bonds. The predicted octanol–water partition coefficient (Wildman–Crippen LogP) is 3.43. The van der Waals surface area contributed by atoms with Crippen LogP contribution >= 0.6 is 0 Å². The van der Waals surface area contributed by atoms with Crippen LogP contribution in [-0.4, -0.2) is 10.8 Å². The summed E-state index contributed by atoms with van der Waals surface area (Å²) >= 11 is 0. The van der Waals surface area contributed by atoms with Gasteiger partial charge in [0.25, 0.3) is 5.91 Å². The van der Waals surface area contributed by atoms with Crippen molar-refractivity contribution >= 4 is 17.3 Å². The maximum absolute atomic E-state index is 13.5. The number of carbonyl (C=O) groups excluding carboxylic acids is 1. The molecule has 0 saturated carbocycles. The van der Waals surface area contributed by atoms with Crippen molar-refractivity contribution in [1.82, 2.24) is 0 Å². The van der Waals surface area contributed by atoms with Gasteiger partial charge in [-0.2, -0.15) is 4.39 Å². The summed E-state index contributed by atoms with van der Waals surface area (Å²) in [5, 5.41) is 12.8. The fourth-order valence-electron chi connectivity index (χ4n) is 1.73. The summed E-state index contributed by atoms with van der Waals surface area (Å²) in [5.74, 6) is -2.51. The van der Waals surface area contributed by atoms with E-state index in [0.717, 1.165) is 23.8 Å². The maximum atomic E-state index is 13.5. The molecule has 0 aromatic heterocycles. The Bertz CT molecular complexity index is 732. The standard InChI is InChI=1S/C14H10F2N2O3/c1-8-2-4-10(15)12(6-8)17-14(19)9-3-5-13(18(20)21)11(16)7-9/h2-7H,1H3,(H,17,19). The van der Waals surface area contributed by atoms with Gasteiger partial charge in [-0.05, 0) is 36.8 Å². The van der Waals surface area contributed by atoms with Gasteiger partial charge in [-0.3, -0.25) is 14.9 Å². The lowest BCUT2D eigenvalue weighted by atomic mass is 10.1. The normalized spacial score (nSPS) is 10.2. The lowest BCUT2D eigenvalue weighted by Crippen LogP contribution is -2.13. The monoisotopic (exact) mass is 292 g/mol. The molecule has 108 valence electrons. The van der Waals surface area contributed by atoms with Gasteiger partial charge >= 0.3 is 5.69 Å². The first-order valence-electron chi connectivity index (χ1n) is 5.90. The van der Waals surface area contributed by atoms with Gasteiger partial charge in [0.05, 0.1) is 10.6 Å². The largest absolute Gasteiger partial charge is 0.319 e. The number of benzene rings is 2. The first-order chi connectivity index (χ1) is 9.88. The number of hydrogen-bond donors (Lipinski definition) is 1. The molecule has 2 aromatic rings. The van der Waals surface area contributed by atoms with Gasteiger partial charge in [-0.15, -0.1) is 0 Å². The summed E-state index contributed by atoms with van der Waals surface area (Å²) in [6.07, 6.45) is 0. The van der Waals surface area contributed by atoms with Crippen LogP contribution in [0.5, 0.6) is 0 Å². The van der Waals surface area contributed by atoms with Crippen LogP contribution in [0.2, 0.25) is 0 Å². The number of nitrogens with one attached hydrogen (secondary N) is 1. The molecule has 0 radical (unpaired) electrons. The zero-order valence-corrected chi connectivity index (χ0v) is 10.9. The van der Waals surface area contributed by atoms with Gasteiger partial charge in [0.15, 0.2) is 0 Å². The number of anilines is 1. The van der Waals surface area contributed by atoms with Gasteiger partial charge < -0.3 is 5.32 Å². The van der Waals surface area contributed by atoms with Crippen LogP contribution in [0.25, 0.3) is 0 Å². The highest BCUT2D eigenvalue weighted by atomic mass is 19.1. The van der Waals surface area contributed by atoms with Crippen molar-refractivity contribution in [1.29, 1.82) is 0 Å². The van der Waals surface area contributed by atoms with Crippen molar-refractivity contribution in [3.63, 3.8) is 0 Å². The second kappa shape index (κ2) is 5.66. The SMILES string of the molecule is Cc1ccc(F)c(NC(=O)c2ccc([N+](=O)[O-])c(F)c2)c1. The molecule has 0 fully saturated rings. The summed E-state index contributed by atoms with van der Waals surface area (Å²) in [5.41, 5.74) is -0.173. The van der Waals surface area contributed by atoms with E-state index in [1.165, 1.54) is 18.2 Å². The van der Waals surface area contributed by atoms with E-state index in [1.54, 1.807) is 6.92 Å². The first kappa shape index (κ1) is 14.6. The summed E-state index contributed by atoms with van der Waals surface area (Å²) < 4.78 is 27.0. The van der Waals surface area contributed by atoms with E-state index in [1.807, 2.05) is 0 Å². The molecule has 0 spiro atoms. The number of aryl methyl sites for hydroxylation is 1. The van der Waals surface area contributed by atoms with E-state index >= 15 is 0 Å². The van der Waals surface area contributed by atoms with E-state index in [2.05, 4.69) is 5.32 Å². The zero-order chi connectivity index (χ0) is 15.6. The van der Waals surface area contributed by atoms with Gasteiger partial charge in [0.1, 0.15) is 5.82 Å². The highest BCUT2D eigenvalue weighted by Gasteiger charge is 2.17. The topological polar surface area (TPSA) is 72.2 Å². The highest BCUT2D eigenvalue weighted by molar-refractivity contribution is 6.04. The Morgan fingerprint density at radius 1 is 1.14 bits per heavy atom. The molecule has 0 aliphatic rings. The van der Waals surface area contributed by atoms with Crippen LogP contribution in [0.15, 0.2) is 36.4 Å². The molecule has 0 saturated heterocycles. The summed E-state index contributed by atoms with van der Waals surface area (Å²) in [6, 6.07) is 6.88. The quantitative estimate of drug-likeness (QED) is 0.695. The molecule has 7 heteroatoms. The number of nitro benzene ring substituents is 1. The molecule has 5 nitrogen and oxygen atoms in total. The Morgan fingerprint density at radius 2 is 1.86 bits per heavy atom. The summed E-state index contributed by atoms with van der Waals surface area (Å²) in [7, 11) is 0. The van der Waals surface area contributed by atoms with Crippen LogP contribution in [0.1, 0.15) is 15.9 Å². The lowest BCUT2D eigenvalue weighted by molar-refractivity contribution is -0.387. The fraction of sp³-hybridized carbons (Fsp3) is 0.0714. The Labute approximate surface area is 118 Å². The van der Waals surface area contributed by atoms with Crippen LogP contribution < -0.4 is 5.32 Å². The molecule has 21 heavy (non-hydrogen) atoms. The molecule has 0 aliphatic carbocycles. The number of carbonyl (C=O) groups is 1. The predicted molar refractivity (Wildman–Crippen MR) is 72.1 cm³/mol. The van der Waals surface area contributed by atoms with E-state index < -0.39 is 28.2 Å². The average Bonchev–Trinajstić information content (AvgIpc) is 2.42. The highest BCUT2D eigenvalue weighted by Crippen LogP contribution is 2.20. The third-order valence-corrected chi connectivity index (χ3v) is 2.78. The molecule has 0 bridgehead atoms. The van der Waals surface area contributed by atoms with Crippen LogP contribution in [0.3, 0.4) is 0 Å². The first-order valence-corrected chi connectivity index (χ1v) is 5.90. The van der Waals surface area contributed by atoms with Crippen molar-refractivity contribution in [2.75, 3.05) is 5.32 Å². The van der Waals surface area contributed by atoms with E-state index in [0.29, 0.717) is 0 Å². The average molecular weight is 292 g/mol. The minimum absolute atomic E-state index is 0.0428. The Hall–Kier alpha value is -2.83. The number of nitrogens with zero attached hydrogens (tertiary/aromatic N) is 1. The number of amides is 1. The third-order valence-electron chi connectivity index (χ3n) is 2.78. The molecular weight excluding hydrogens is 282 g/mol.